The predicted octanol–water partition coefficient (Wildman–Crippen LogP) is 2.91. The number of nitrogens with zero attached hydrogens (tertiary/aromatic N) is 1. The number of ketones is 1. The third-order valence-electron chi connectivity index (χ3n) is 4.77. The maximum Gasteiger partial charge on any atom is 0.204 e. The predicted molar refractivity (Wildman–Crippen MR) is 73.9 cm³/mol. The maximum atomic E-state index is 12.3. The highest BCUT2D eigenvalue weighted by molar-refractivity contribution is 5.98. The molecule has 3 aliphatic rings. The summed E-state index contributed by atoms with van der Waals surface area (Å²) in [5.74, 6) is 1.36. The fourth-order valence-corrected chi connectivity index (χ4v) is 3.84. The van der Waals surface area contributed by atoms with Gasteiger partial charge in [-0.2, -0.15) is 5.26 Å². The summed E-state index contributed by atoms with van der Waals surface area (Å²) in [5, 5.41) is 9.44. The molecule has 1 atom stereocenters. The van der Waals surface area contributed by atoms with Gasteiger partial charge in [0.05, 0.1) is 5.57 Å². The second kappa shape index (κ2) is 5.32. The quantitative estimate of drug-likeness (QED) is 0.796. The van der Waals surface area contributed by atoms with Gasteiger partial charge in [-0.05, 0) is 25.2 Å². The van der Waals surface area contributed by atoms with Gasteiger partial charge >= 0.3 is 0 Å². The molecule has 1 fully saturated rings. The zero-order valence-electron chi connectivity index (χ0n) is 11.7. The molecule has 0 aromatic heterocycles. The third kappa shape index (κ3) is 2.11. The molecule has 4 nitrogen and oxygen atoms in total. The van der Waals surface area contributed by atoms with Crippen LogP contribution in [0.1, 0.15) is 51.4 Å². The maximum absolute atomic E-state index is 12.3. The fourth-order valence-electron chi connectivity index (χ4n) is 3.84. The Morgan fingerprint density at radius 2 is 1.90 bits per heavy atom. The molecule has 4 heteroatoms. The van der Waals surface area contributed by atoms with E-state index in [1.54, 1.807) is 0 Å². The zero-order valence-corrected chi connectivity index (χ0v) is 11.7. The number of carbonyl (C=O) groups excluding carboxylic acids is 1. The van der Waals surface area contributed by atoms with E-state index in [0.29, 0.717) is 17.9 Å². The molecular weight excluding hydrogens is 252 g/mol. The fraction of sp³-hybridized carbons (Fsp3) is 0.625. The largest absolute Gasteiger partial charge is 0.444 e. The van der Waals surface area contributed by atoms with Crippen molar-refractivity contribution in [1.29, 1.82) is 5.26 Å². The molecule has 20 heavy (non-hydrogen) atoms. The standard InChI is InChI=1S/C16H20N2O2/c17-9-11-14(10-5-2-1-3-6-10)15-12(19)7-4-8-13(15)20-16(11)18/h10,14H,1-8,18H2/t14-/m1/s1. The molecule has 0 saturated heterocycles. The summed E-state index contributed by atoms with van der Waals surface area (Å²) in [7, 11) is 0. The summed E-state index contributed by atoms with van der Waals surface area (Å²) in [6, 6.07) is 2.20. The average Bonchev–Trinajstić information content (AvgIpc) is 2.47. The summed E-state index contributed by atoms with van der Waals surface area (Å²) in [4.78, 5) is 12.3. The summed E-state index contributed by atoms with van der Waals surface area (Å²) >= 11 is 0. The van der Waals surface area contributed by atoms with Crippen LogP contribution in [0, 0.1) is 23.2 Å². The lowest BCUT2D eigenvalue weighted by Gasteiger charge is -2.36. The van der Waals surface area contributed by atoms with Gasteiger partial charge in [-0.15, -0.1) is 0 Å². The third-order valence-corrected chi connectivity index (χ3v) is 4.77. The minimum Gasteiger partial charge on any atom is -0.444 e. The van der Waals surface area contributed by atoms with Crippen LogP contribution in [0.15, 0.2) is 22.8 Å². The van der Waals surface area contributed by atoms with E-state index in [1.165, 1.54) is 19.3 Å². The van der Waals surface area contributed by atoms with Crippen LogP contribution in [0.2, 0.25) is 0 Å². The highest BCUT2D eigenvalue weighted by atomic mass is 16.5. The van der Waals surface area contributed by atoms with Crippen molar-refractivity contribution in [2.75, 3.05) is 0 Å². The number of allylic oxidation sites excluding steroid dienone is 3. The molecule has 0 radical (unpaired) electrons. The van der Waals surface area contributed by atoms with Crippen LogP contribution < -0.4 is 5.73 Å². The Hall–Kier alpha value is -1.76. The lowest BCUT2D eigenvalue weighted by Crippen LogP contribution is -2.33. The molecule has 0 unspecified atom stereocenters. The van der Waals surface area contributed by atoms with Gasteiger partial charge in [-0.3, -0.25) is 4.79 Å². The molecule has 2 N–H and O–H groups in total. The SMILES string of the molecule is N#CC1=C(N)OC2=C(C(=O)CCC2)[C@@H]1C1CCCCC1. The molecule has 1 heterocycles. The van der Waals surface area contributed by atoms with Gasteiger partial charge in [-0.1, -0.05) is 19.3 Å². The molecule has 0 aromatic rings. The van der Waals surface area contributed by atoms with Crippen molar-refractivity contribution in [2.24, 2.45) is 17.6 Å². The lowest BCUT2D eigenvalue weighted by molar-refractivity contribution is -0.117. The van der Waals surface area contributed by atoms with Crippen molar-refractivity contribution in [3.8, 4) is 6.07 Å². The van der Waals surface area contributed by atoms with Crippen LogP contribution in [-0.4, -0.2) is 5.78 Å². The normalized spacial score (nSPS) is 27.9. The number of nitriles is 1. The summed E-state index contributed by atoms with van der Waals surface area (Å²) < 4.78 is 5.58. The van der Waals surface area contributed by atoms with E-state index >= 15 is 0 Å². The van der Waals surface area contributed by atoms with Crippen molar-refractivity contribution >= 4 is 5.78 Å². The van der Waals surface area contributed by atoms with Crippen molar-refractivity contribution in [1.82, 2.24) is 0 Å². The van der Waals surface area contributed by atoms with Gasteiger partial charge in [0.1, 0.15) is 11.8 Å². The Kier molecular flexibility index (Phi) is 3.52. The van der Waals surface area contributed by atoms with Crippen LogP contribution in [0.3, 0.4) is 0 Å². The molecule has 0 spiro atoms. The van der Waals surface area contributed by atoms with Gasteiger partial charge in [0.2, 0.25) is 5.88 Å². The Morgan fingerprint density at radius 1 is 1.15 bits per heavy atom. The first kappa shape index (κ1) is 13.2. The number of Topliss-reactive ketones (excluding diaryl/α,β-unsaturated/α-hetero) is 1. The van der Waals surface area contributed by atoms with E-state index in [-0.39, 0.29) is 17.6 Å². The Bertz CT molecular complexity index is 533. The number of hydrogen-bond donors (Lipinski definition) is 1. The highest BCUT2D eigenvalue weighted by Gasteiger charge is 2.41. The topological polar surface area (TPSA) is 76.1 Å². The molecular formula is C16H20N2O2. The first-order valence-electron chi connectivity index (χ1n) is 7.56. The Morgan fingerprint density at radius 3 is 2.60 bits per heavy atom. The van der Waals surface area contributed by atoms with Crippen LogP contribution in [0.4, 0.5) is 0 Å². The van der Waals surface area contributed by atoms with Crippen molar-refractivity contribution in [3.05, 3.63) is 22.8 Å². The average molecular weight is 272 g/mol. The monoisotopic (exact) mass is 272 g/mol. The molecule has 1 saturated carbocycles. The van der Waals surface area contributed by atoms with Crippen LogP contribution >= 0.6 is 0 Å². The number of rotatable bonds is 1. The number of ether oxygens (including phenoxy) is 1. The van der Waals surface area contributed by atoms with E-state index in [1.807, 2.05) is 0 Å². The van der Waals surface area contributed by atoms with E-state index in [2.05, 4.69) is 6.07 Å². The van der Waals surface area contributed by atoms with Gasteiger partial charge in [0.15, 0.2) is 5.78 Å². The minimum absolute atomic E-state index is 0.114. The van der Waals surface area contributed by atoms with E-state index < -0.39 is 0 Å². The molecule has 106 valence electrons. The van der Waals surface area contributed by atoms with Crippen LogP contribution in [0.25, 0.3) is 0 Å². The van der Waals surface area contributed by atoms with Crippen LogP contribution in [0.5, 0.6) is 0 Å². The van der Waals surface area contributed by atoms with Gasteiger partial charge < -0.3 is 10.5 Å². The first-order valence-corrected chi connectivity index (χ1v) is 7.56. The smallest absolute Gasteiger partial charge is 0.204 e. The number of nitrogens with two attached hydrogens (primary N) is 1. The van der Waals surface area contributed by atoms with E-state index in [4.69, 9.17) is 10.5 Å². The van der Waals surface area contributed by atoms with Gasteiger partial charge in [0, 0.05) is 24.3 Å². The lowest BCUT2D eigenvalue weighted by atomic mass is 9.70. The Labute approximate surface area is 119 Å². The van der Waals surface area contributed by atoms with E-state index in [0.717, 1.165) is 37.0 Å². The summed E-state index contributed by atoms with van der Waals surface area (Å²) in [6.07, 6.45) is 7.92. The minimum atomic E-state index is -0.114. The number of carbonyl (C=O) groups is 1. The first-order chi connectivity index (χ1) is 9.72. The van der Waals surface area contributed by atoms with Crippen molar-refractivity contribution in [3.63, 3.8) is 0 Å². The molecule has 1 aliphatic heterocycles. The summed E-state index contributed by atoms with van der Waals surface area (Å²) in [6.45, 7) is 0. The van der Waals surface area contributed by atoms with Gasteiger partial charge in [0.25, 0.3) is 0 Å². The highest BCUT2D eigenvalue weighted by Crippen LogP contribution is 2.45. The molecule has 0 bridgehead atoms. The van der Waals surface area contributed by atoms with Gasteiger partial charge in [-0.25, -0.2) is 0 Å². The van der Waals surface area contributed by atoms with Crippen LogP contribution in [-0.2, 0) is 9.53 Å². The van der Waals surface area contributed by atoms with Crippen molar-refractivity contribution in [2.45, 2.75) is 51.4 Å². The second-order valence-electron chi connectivity index (χ2n) is 5.98. The number of hydrogen-bond acceptors (Lipinski definition) is 4. The van der Waals surface area contributed by atoms with E-state index in [9.17, 15) is 10.1 Å². The Balaban J connectivity index is 2.03. The van der Waals surface area contributed by atoms with Crippen molar-refractivity contribution < 1.29 is 9.53 Å². The second-order valence-corrected chi connectivity index (χ2v) is 5.98. The summed E-state index contributed by atoms with van der Waals surface area (Å²) in [5.41, 5.74) is 7.16. The zero-order chi connectivity index (χ0) is 14.1. The molecule has 0 aromatic carbocycles. The molecule has 0 amide bonds. The molecule has 3 rings (SSSR count). The molecule has 2 aliphatic carbocycles.